The van der Waals surface area contributed by atoms with Crippen molar-refractivity contribution in [2.24, 2.45) is 17.3 Å². The van der Waals surface area contributed by atoms with Crippen LogP contribution in [0.3, 0.4) is 0 Å². The minimum atomic E-state index is 0.270. The highest BCUT2D eigenvalue weighted by atomic mass is 16.2. The van der Waals surface area contributed by atoms with E-state index in [4.69, 9.17) is 0 Å². The van der Waals surface area contributed by atoms with Crippen molar-refractivity contribution < 1.29 is 4.79 Å². The third kappa shape index (κ3) is 3.11. The van der Waals surface area contributed by atoms with Crippen LogP contribution in [0.25, 0.3) is 0 Å². The summed E-state index contributed by atoms with van der Waals surface area (Å²) in [5.41, 5.74) is 0.270. The first-order chi connectivity index (χ1) is 12.1. The smallest absolute Gasteiger partial charge is 0.225 e. The third-order valence-corrected chi connectivity index (χ3v) is 6.78. The summed E-state index contributed by atoms with van der Waals surface area (Å²) >= 11 is 0. The Morgan fingerprint density at radius 1 is 1.24 bits per heavy atom. The number of likely N-dealkylation sites (tertiary alicyclic amines) is 1. The fraction of sp³-hybridized carbons (Fsp3) is 0.850. The molecular weight excluding hydrogens is 312 g/mol. The van der Waals surface area contributed by atoms with Gasteiger partial charge in [-0.1, -0.05) is 39.5 Å². The minimum Gasteiger partial charge on any atom is -0.341 e. The number of aromatic nitrogens is 3. The molecule has 2 aliphatic carbocycles. The Hall–Kier alpha value is -1.39. The lowest BCUT2D eigenvalue weighted by Gasteiger charge is -2.42. The van der Waals surface area contributed by atoms with E-state index < -0.39 is 0 Å². The first-order valence-electron chi connectivity index (χ1n) is 10.3. The molecule has 1 aromatic rings. The van der Waals surface area contributed by atoms with Gasteiger partial charge in [0, 0.05) is 31.5 Å². The van der Waals surface area contributed by atoms with E-state index in [2.05, 4.69) is 33.5 Å². The highest BCUT2D eigenvalue weighted by Gasteiger charge is 2.54. The summed E-state index contributed by atoms with van der Waals surface area (Å²) in [4.78, 5) is 15.3. The maximum Gasteiger partial charge on any atom is 0.225 e. The zero-order valence-corrected chi connectivity index (χ0v) is 15.8. The quantitative estimate of drug-likeness (QED) is 0.838. The summed E-state index contributed by atoms with van der Waals surface area (Å²) in [5, 5.41) is 8.72. The molecule has 2 saturated carbocycles. The monoisotopic (exact) mass is 344 g/mol. The molecule has 1 atom stereocenters. The van der Waals surface area contributed by atoms with Crippen molar-refractivity contribution in [1.29, 1.82) is 0 Å². The Kier molecular flexibility index (Phi) is 4.59. The number of hydrogen-bond donors (Lipinski definition) is 0. The first kappa shape index (κ1) is 17.0. The molecule has 1 saturated heterocycles. The second-order valence-corrected chi connectivity index (χ2v) is 9.06. The van der Waals surface area contributed by atoms with Gasteiger partial charge in [0.15, 0.2) is 0 Å². The number of carbonyl (C=O) groups excluding carboxylic acids is 1. The molecule has 138 valence electrons. The third-order valence-electron chi connectivity index (χ3n) is 6.78. The molecule has 0 radical (unpaired) electrons. The van der Waals surface area contributed by atoms with Crippen molar-refractivity contribution in [1.82, 2.24) is 19.7 Å². The lowest BCUT2D eigenvalue weighted by atomic mass is 9.62. The fourth-order valence-electron chi connectivity index (χ4n) is 5.31. The van der Waals surface area contributed by atoms with Gasteiger partial charge in [0.2, 0.25) is 5.91 Å². The van der Waals surface area contributed by atoms with Gasteiger partial charge in [-0.2, -0.15) is 0 Å². The Labute approximate surface area is 151 Å². The summed E-state index contributed by atoms with van der Waals surface area (Å²) in [6, 6.07) is 0. The Bertz CT molecular complexity index is 613. The maximum atomic E-state index is 13.1. The highest BCUT2D eigenvalue weighted by Crippen LogP contribution is 2.55. The molecule has 0 bridgehead atoms. The van der Waals surface area contributed by atoms with Crippen LogP contribution in [0, 0.1) is 17.3 Å². The van der Waals surface area contributed by atoms with E-state index in [-0.39, 0.29) is 11.3 Å². The topological polar surface area (TPSA) is 51.0 Å². The van der Waals surface area contributed by atoms with Gasteiger partial charge >= 0.3 is 0 Å². The normalized spacial score (nSPS) is 26.4. The van der Waals surface area contributed by atoms with E-state index in [1.807, 2.05) is 6.33 Å². The largest absolute Gasteiger partial charge is 0.341 e. The zero-order valence-electron chi connectivity index (χ0n) is 15.8. The molecule has 0 aromatic carbocycles. The zero-order chi connectivity index (χ0) is 17.4. The molecule has 25 heavy (non-hydrogen) atoms. The summed E-state index contributed by atoms with van der Waals surface area (Å²) < 4.78 is 2.24. The van der Waals surface area contributed by atoms with Crippen molar-refractivity contribution in [3.8, 4) is 0 Å². The number of carbonyl (C=O) groups is 1. The average Bonchev–Trinajstić information content (AvgIpc) is 3.18. The van der Waals surface area contributed by atoms with Gasteiger partial charge < -0.3 is 9.47 Å². The molecule has 1 unspecified atom stereocenters. The van der Waals surface area contributed by atoms with Crippen molar-refractivity contribution >= 4 is 5.91 Å². The summed E-state index contributed by atoms with van der Waals surface area (Å²) in [6.07, 6.45) is 11.6. The number of rotatable bonds is 4. The van der Waals surface area contributed by atoms with Gasteiger partial charge in [-0.3, -0.25) is 4.79 Å². The highest BCUT2D eigenvalue weighted by molar-refractivity contribution is 5.79. The lowest BCUT2D eigenvalue weighted by Crippen LogP contribution is -2.40. The van der Waals surface area contributed by atoms with Gasteiger partial charge in [-0.05, 0) is 37.0 Å². The first-order valence-corrected chi connectivity index (χ1v) is 10.3. The standard InChI is InChI=1S/C20H32N4O/c1-15(2)11-24-14-21-22-18(24)17-12-23(13-20(17)9-6-10-20)19(25)16-7-4-3-5-8-16/h14-17H,3-13H2,1-2H3. The van der Waals surface area contributed by atoms with Crippen LogP contribution in [0.1, 0.15) is 77.0 Å². The Morgan fingerprint density at radius 3 is 2.64 bits per heavy atom. The van der Waals surface area contributed by atoms with Gasteiger partial charge in [0.1, 0.15) is 12.2 Å². The van der Waals surface area contributed by atoms with Crippen LogP contribution < -0.4 is 0 Å². The molecule has 1 aromatic heterocycles. The lowest BCUT2D eigenvalue weighted by molar-refractivity contribution is -0.136. The summed E-state index contributed by atoms with van der Waals surface area (Å²) in [5.74, 6) is 2.76. The second-order valence-electron chi connectivity index (χ2n) is 9.06. The van der Waals surface area contributed by atoms with Crippen LogP contribution in [0.5, 0.6) is 0 Å². The maximum absolute atomic E-state index is 13.1. The van der Waals surface area contributed by atoms with Crippen molar-refractivity contribution in [2.75, 3.05) is 13.1 Å². The van der Waals surface area contributed by atoms with Crippen LogP contribution in [-0.4, -0.2) is 38.7 Å². The van der Waals surface area contributed by atoms with Crippen LogP contribution in [0.4, 0.5) is 0 Å². The fourth-order valence-corrected chi connectivity index (χ4v) is 5.31. The number of hydrogen-bond acceptors (Lipinski definition) is 3. The Balaban J connectivity index is 1.54. The van der Waals surface area contributed by atoms with Crippen molar-refractivity contribution in [3.05, 3.63) is 12.2 Å². The molecule has 5 nitrogen and oxygen atoms in total. The summed E-state index contributed by atoms with van der Waals surface area (Å²) in [6.45, 7) is 7.23. The molecule has 5 heteroatoms. The van der Waals surface area contributed by atoms with Crippen LogP contribution >= 0.6 is 0 Å². The van der Waals surface area contributed by atoms with E-state index in [9.17, 15) is 4.79 Å². The van der Waals surface area contributed by atoms with Crippen LogP contribution in [0.15, 0.2) is 6.33 Å². The van der Waals surface area contributed by atoms with Crippen LogP contribution in [0.2, 0.25) is 0 Å². The molecular formula is C20H32N4O. The van der Waals surface area contributed by atoms with Crippen molar-refractivity contribution in [2.45, 2.75) is 77.7 Å². The molecule has 1 aliphatic heterocycles. The minimum absolute atomic E-state index is 0.270. The van der Waals surface area contributed by atoms with Gasteiger partial charge in [0.05, 0.1) is 0 Å². The predicted molar refractivity (Wildman–Crippen MR) is 97.0 cm³/mol. The van der Waals surface area contributed by atoms with E-state index in [1.165, 1.54) is 38.5 Å². The molecule has 4 rings (SSSR count). The average molecular weight is 345 g/mol. The van der Waals surface area contributed by atoms with Crippen molar-refractivity contribution in [3.63, 3.8) is 0 Å². The van der Waals surface area contributed by atoms with E-state index in [0.717, 1.165) is 38.3 Å². The number of amides is 1. The molecule has 3 fully saturated rings. The van der Waals surface area contributed by atoms with E-state index in [1.54, 1.807) is 0 Å². The SMILES string of the molecule is CC(C)Cn1cnnc1C1CN(C(=O)C2CCCCC2)CC12CCC2. The molecule has 0 N–H and O–H groups in total. The van der Waals surface area contributed by atoms with E-state index >= 15 is 0 Å². The molecule has 3 aliphatic rings. The van der Waals surface area contributed by atoms with Crippen LogP contribution in [-0.2, 0) is 11.3 Å². The van der Waals surface area contributed by atoms with E-state index in [0.29, 0.717) is 17.7 Å². The molecule has 1 spiro atoms. The Morgan fingerprint density at radius 2 is 2.00 bits per heavy atom. The van der Waals surface area contributed by atoms with Gasteiger partial charge in [0.25, 0.3) is 0 Å². The molecule has 2 heterocycles. The predicted octanol–water partition coefficient (Wildman–Crippen LogP) is 3.61. The second kappa shape index (κ2) is 6.73. The van der Waals surface area contributed by atoms with Gasteiger partial charge in [-0.15, -0.1) is 10.2 Å². The summed E-state index contributed by atoms with van der Waals surface area (Å²) in [7, 11) is 0. The molecule has 1 amide bonds. The number of nitrogens with zero attached hydrogens (tertiary/aromatic N) is 4. The van der Waals surface area contributed by atoms with Gasteiger partial charge in [-0.25, -0.2) is 0 Å².